The molecule has 0 bridgehead atoms. The molecule has 2 atom stereocenters. The van der Waals surface area contributed by atoms with Crippen molar-refractivity contribution in [1.29, 1.82) is 0 Å². The van der Waals surface area contributed by atoms with Crippen molar-refractivity contribution in [3.63, 3.8) is 0 Å². The van der Waals surface area contributed by atoms with Gasteiger partial charge in [-0.05, 0) is 60.8 Å². The minimum absolute atomic E-state index is 0. The van der Waals surface area contributed by atoms with E-state index in [9.17, 15) is 14.4 Å². The average molecular weight is 483 g/mol. The van der Waals surface area contributed by atoms with Gasteiger partial charge in [0.25, 0.3) is 0 Å². The lowest BCUT2D eigenvalue weighted by Crippen LogP contribution is -2.38. The molecule has 1 aliphatic heterocycles. The van der Waals surface area contributed by atoms with Crippen LogP contribution in [0.4, 0.5) is 5.69 Å². The van der Waals surface area contributed by atoms with Gasteiger partial charge in [0.2, 0.25) is 18.7 Å². The molecule has 1 aromatic heterocycles. The number of hydrogen-bond acceptors (Lipinski definition) is 4. The van der Waals surface area contributed by atoms with Gasteiger partial charge in [-0.1, -0.05) is 44.9 Å². The van der Waals surface area contributed by atoms with Crippen molar-refractivity contribution >= 4 is 24.4 Å². The Kier molecular flexibility index (Phi) is 10.9. The second kappa shape index (κ2) is 13.6. The summed E-state index contributed by atoms with van der Waals surface area (Å²) >= 11 is 0. The number of aromatic nitrogens is 1. The number of unbranched alkanes of at least 4 members (excludes halogenated alkanes) is 1. The van der Waals surface area contributed by atoms with Crippen molar-refractivity contribution in [3.8, 4) is 11.1 Å². The van der Waals surface area contributed by atoms with Gasteiger partial charge in [0.1, 0.15) is 6.04 Å². The molecule has 1 aliphatic carbocycles. The van der Waals surface area contributed by atoms with Gasteiger partial charge < -0.3 is 21.0 Å². The van der Waals surface area contributed by atoms with E-state index in [0.29, 0.717) is 12.5 Å². The van der Waals surface area contributed by atoms with Crippen LogP contribution in [0, 0.1) is 11.3 Å². The molecule has 35 heavy (non-hydrogen) atoms. The summed E-state index contributed by atoms with van der Waals surface area (Å²) in [5.41, 5.74) is 2.95. The fourth-order valence-electron chi connectivity index (χ4n) is 4.42. The number of nitrogens with zero attached hydrogens (tertiary/aromatic N) is 2. The highest BCUT2D eigenvalue weighted by molar-refractivity contribution is 5.96. The summed E-state index contributed by atoms with van der Waals surface area (Å²) in [5.74, 6) is 0.527. The molecule has 1 saturated carbocycles. The molecule has 8 heteroatoms. The first kappa shape index (κ1) is 28.0. The van der Waals surface area contributed by atoms with Crippen LogP contribution in [0.2, 0.25) is 0 Å². The van der Waals surface area contributed by atoms with Crippen LogP contribution in [0.5, 0.6) is 0 Å². The van der Waals surface area contributed by atoms with E-state index < -0.39 is 0 Å². The predicted molar refractivity (Wildman–Crippen MR) is 138 cm³/mol. The van der Waals surface area contributed by atoms with Crippen LogP contribution in [-0.2, 0) is 14.4 Å². The molecule has 2 aromatic rings. The zero-order valence-corrected chi connectivity index (χ0v) is 20.7. The van der Waals surface area contributed by atoms with E-state index in [-0.39, 0.29) is 22.8 Å². The summed E-state index contributed by atoms with van der Waals surface area (Å²) in [5, 5.41) is 5.64. The zero-order chi connectivity index (χ0) is 24.4. The fraction of sp³-hybridized carbons (Fsp3) is 0.481. The van der Waals surface area contributed by atoms with E-state index in [0.717, 1.165) is 55.4 Å². The highest BCUT2D eigenvalue weighted by atomic mass is 16.2. The first-order valence-electron chi connectivity index (χ1n) is 12.2. The Morgan fingerprint density at radius 2 is 2.00 bits per heavy atom. The smallest absolute Gasteiger partial charge is 0.247 e. The fourth-order valence-corrected chi connectivity index (χ4v) is 4.42. The van der Waals surface area contributed by atoms with E-state index in [2.05, 4.69) is 29.5 Å². The van der Waals surface area contributed by atoms with Crippen LogP contribution in [0.25, 0.3) is 11.1 Å². The number of anilines is 1. The van der Waals surface area contributed by atoms with E-state index in [4.69, 9.17) is 0 Å². The molecule has 4 N–H and O–H groups in total. The molecular weight excluding hydrogens is 444 g/mol. The van der Waals surface area contributed by atoms with Gasteiger partial charge >= 0.3 is 0 Å². The highest BCUT2D eigenvalue weighted by Crippen LogP contribution is 2.54. The van der Waals surface area contributed by atoms with Gasteiger partial charge in [-0.3, -0.25) is 19.4 Å². The number of amides is 3. The van der Waals surface area contributed by atoms with Crippen molar-refractivity contribution in [3.05, 3.63) is 48.8 Å². The monoisotopic (exact) mass is 482 g/mol. The Labute approximate surface area is 207 Å². The van der Waals surface area contributed by atoms with Crippen LogP contribution in [0.3, 0.4) is 0 Å². The molecule has 8 nitrogen and oxygen atoms in total. The van der Waals surface area contributed by atoms with Crippen molar-refractivity contribution < 1.29 is 19.9 Å². The van der Waals surface area contributed by atoms with Crippen molar-refractivity contribution in [2.45, 2.75) is 58.4 Å². The van der Waals surface area contributed by atoms with Gasteiger partial charge in [0.05, 0.1) is 0 Å². The molecule has 1 aromatic carbocycles. The molecule has 1 spiro atoms. The van der Waals surface area contributed by atoms with Gasteiger partial charge in [-0.15, -0.1) is 0 Å². The summed E-state index contributed by atoms with van der Waals surface area (Å²) in [6, 6.07) is 11.2. The lowest BCUT2D eigenvalue weighted by atomic mass is 10.0. The number of likely N-dealkylation sites (tertiary alicyclic amines) is 1. The van der Waals surface area contributed by atoms with E-state index in [1.54, 1.807) is 17.3 Å². The van der Waals surface area contributed by atoms with Crippen molar-refractivity contribution in [2.75, 3.05) is 18.4 Å². The van der Waals surface area contributed by atoms with E-state index in [1.165, 1.54) is 19.3 Å². The third kappa shape index (κ3) is 8.17. The molecule has 2 unspecified atom stereocenters. The number of nitrogens with one attached hydrogen (secondary N) is 2. The average Bonchev–Trinajstić information content (AvgIpc) is 3.52. The summed E-state index contributed by atoms with van der Waals surface area (Å²) in [7, 11) is 0. The molecule has 2 aliphatic rings. The first-order valence-corrected chi connectivity index (χ1v) is 12.2. The SMILES string of the molecule is CCCCC(C)CNC=O.O.O=CN1CC2(CC2)CC1C(=O)Nc1cccc(-c2cccnc2)c1. The minimum Gasteiger partial charge on any atom is -0.412 e. The number of rotatable bonds is 10. The number of hydrogen-bond donors (Lipinski definition) is 2. The molecule has 2 fully saturated rings. The van der Waals surface area contributed by atoms with Crippen LogP contribution in [-0.4, -0.2) is 53.2 Å². The molecule has 1 saturated heterocycles. The summed E-state index contributed by atoms with van der Waals surface area (Å²) < 4.78 is 0. The minimum atomic E-state index is -0.355. The molecule has 4 rings (SSSR count). The Bertz CT molecular complexity index is 949. The zero-order valence-electron chi connectivity index (χ0n) is 20.7. The number of carbonyl (C=O) groups is 3. The lowest BCUT2D eigenvalue weighted by molar-refractivity contribution is -0.127. The maximum Gasteiger partial charge on any atom is 0.247 e. The predicted octanol–water partition coefficient (Wildman–Crippen LogP) is 3.43. The molecule has 2 heterocycles. The van der Waals surface area contributed by atoms with E-state index >= 15 is 0 Å². The molecular formula is C27H38N4O4. The number of carbonyl (C=O) groups excluding carboxylic acids is 3. The summed E-state index contributed by atoms with van der Waals surface area (Å²) in [6.07, 6.45) is 11.9. The highest BCUT2D eigenvalue weighted by Gasteiger charge is 2.53. The molecule has 3 amide bonds. The van der Waals surface area contributed by atoms with Crippen LogP contribution in [0.15, 0.2) is 48.8 Å². The van der Waals surface area contributed by atoms with Crippen LogP contribution >= 0.6 is 0 Å². The Hall–Kier alpha value is -3.26. The topological polar surface area (TPSA) is 123 Å². The Morgan fingerprint density at radius 1 is 1.23 bits per heavy atom. The number of benzene rings is 1. The third-order valence-electron chi connectivity index (χ3n) is 6.66. The van der Waals surface area contributed by atoms with Crippen LogP contribution < -0.4 is 10.6 Å². The van der Waals surface area contributed by atoms with E-state index in [1.807, 2.05) is 36.4 Å². The summed E-state index contributed by atoms with van der Waals surface area (Å²) in [6.45, 7) is 5.87. The molecule has 190 valence electrons. The maximum absolute atomic E-state index is 12.6. The second-order valence-electron chi connectivity index (χ2n) is 9.58. The lowest BCUT2D eigenvalue weighted by Gasteiger charge is -2.19. The Morgan fingerprint density at radius 3 is 2.63 bits per heavy atom. The Balaban J connectivity index is 0.000000338. The van der Waals surface area contributed by atoms with Crippen molar-refractivity contribution in [2.24, 2.45) is 11.3 Å². The van der Waals surface area contributed by atoms with Gasteiger partial charge in [0, 0.05) is 36.7 Å². The second-order valence-corrected chi connectivity index (χ2v) is 9.58. The maximum atomic E-state index is 12.6. The quantitative estimate of drug-likeness (QED) is 0.504. The largest absolute Gasteiger partial charge is 0.412 e. The normalized spacial score (nSPS) is 17.9. The van der Waals surface area contributed by atoms with Gasteiger partial charge in [-0.25, -0.2) is 0 Å². The van der Waals surface area contributed by atoms with Gasteiger partial charge in [-0.2, -0.15) is 0 Å². The standard InChI is InChI=1S/C19H19N3O2.C8H17NO.H2O/c23-13-22-12-19(6-7-19)10-17(22)18(24)21-16-5-1-3-14(9-16)15-4-2-8-20-11-15;1-3-4-5-8(2)6-9-7-10;/h1-5,8-9,11,13,17H,6-7,10,12H2,(H,21,24);7-8H,3-6H2,1-2H3,(H,9,10);1H2. The molecule has 0 radical (unpaired) electrons. The van der Waals surface area contributed by atoms with Crippen molar-refractivity contribution in [1.82, 2.24) is 15.2 Å². The van der Waals surface area contributed by atoms with Gasteiger partial charge in [0.15, 0.2) is 0 Å². The summed E-state index contributed by atoms with van der Waals surface area (Å²) in [4.78, 5) is 39.5. The first-order chi connectivity index (χ1) is 16.5. The number of pyridine rings is 1. The third-order valence-corrected chi connectivity index (χ3v) is 6.66. The van der Waals surface area contributed by atoms with Crippen LogP contribution in [0.1, 0.15) is 52.4 Å².